The van der Waals surface area contributed by atoms with Crippen molar-refractivity contribution in [1.82, 2.24) is 4.98 Å². The molecule has 0 unspecified atom stereocenters. The van der Waals surface area contributed by atoms with E-state index in [2.05, 4.69) is 16.4 Å². The number of oxazole rings is 1. The molecule has 1 heterocycles. The number of aromatic nitrogens is 1. The first kappa shape index (κ1) is 12.1. The van der Waals surface area contributed by atoms with Gasteiger partial charge in [0.25, 0.3) is 0 Å². The summed E-state index contributed by atoms with van der Waals surface area (Å²) in [5, 5.41) is 2.54. The van der Waals surface area contributed by atoms with Crippen LogP contribution in [0.25, 0.3) is 11.1 Å². The van der Waals surface area contributed by atoms with Gasteiger partial charge in [0.1, 0.15) is 0 Å². The number of carbonyl (C=O) groups is 1. The Morgan fingerprint density at radius 3 is 3.00 bits per heavy atom. The maximum atomic E-state index is 10.8. The van der Waals surface area contributed by atoms with Gasteiger partial charge in [-0.2, -0.15) is 6.07 Å². The first-order chi connectivity index (χ1) is 6.65. The molecule has 1 amide bonds. The van der Waals surface area contributed by atoms with E-state index < -0.39 is 5.76 Å². The molecule has 2 rings (SSSR count). The number of hydrogen-bond donors (Lipinski definition) is 2. The van der Waals surface area contributed by atoms with E-state index in [1.807, 2.05) is 0 Å². The molecule has 1 aromatic carbocycles. The van der Waals surface area contributed by atoms with Crippen molar-refractivity contribution < 1.29 is 41.9 Å². The zero-order valence-electron chi connectivity index (χ0n) is 7.96. The minimum Gasteiger partial charge on any atom is -0.435 e. The van der Waals surface area contributed by atoms with Crippen molar-refractivity contribution in [2.45, 2.75) is 6.92 Å². The Morgan fingerprint density at radius 1 is 1.60 bits per heavy atom. The fraction of sp³-hybridized carbons (Fsp3) is 0.111. The summed E-state index contributed by atoms with van der Waals surface area (Å²) in [5.74, 6) is -0.716. The van der Waals surface area contributed by atoms with Crippen molar-refractivity contribution in [1.29, 1.82) is 0 Å². The molecule has 0 aliphatic carbocycles. The van der Waals surface area contributed by atoms with E-state index in [1.54, 1.807) is 6.07 Å². The maximum absolute atomic E-state index is 10.8. The minimum absolute atomic E-state index is 0. The largest absolute Gasteiger partial charge is 0.435 e. The second kappa shape index (κ2) is 4.72. The summed E-state index contributed by atoms with van der Waals surface area (Å²) in [7, 11) is 0. The number of rotatable bonds is 1. The second-order valence-corrected chi connectivity index (χ2v) is 2.82. The van der Waals surface area contributed by atoms with Gasteiger partial charge in [-0.3, -0.25) is 4.79 Å². The molecule has 0 saturated heterocycles. The topological polar surface area (TPSA) is 75.1 Å². The van der Waals surface area contributed by atoms with E-state index in [0.717, 1.165) is 0 Å². The molecule has 1 radical (unpaired) electrons. The molecule has 0 atom stereocenters. The average molecular weight is 280 g/mol. The number of fused-ring (bicyclic) bond motifs is 1. The van der Waals surface area contributed by atoms with Crippen LogP contribution in [0.3, 0.4) is 0 Å². The van der Waals surface area contributed by atoms with Crippen LogP contribution in [0.1, 0.15) is 6.92 Å². The van der Waals surface area contributed by atoms with E-state index >= 15 is 0 Å². The fourth-order valence-corrected chi connectivity index (χ4v) is 1.15. The van der Waals surface area contributed by atoms with Crippen LogP contribution in [0, 0.1) is 6.07 Å². The monoisotopic (exact) mass is 280 g/mol. The molecule has 75 valence electrons. The van der Waals surface area contributed by atoms with Crippen LogP contribution < -0.4 is 11.1 Å². The SMILES string of the molecule is CC(=O)Nc1[c-]cc2[nH]c(=O)oc2c1.[Y]. The van der Waals surface area contributed by atoms with E-state index in [4.69, 9.17) is 4.42 Å². The first-order valence-corrected chi connectivity index (χ1v) is 3.97. The Hall–Kier alpha value is -0.936. The molecule has 1 aromatic heterocycles. The number of H-pyrrole nitrogens is 1. The Labute approximate surface area is 110 Å². The van der Waals surface area contributed by atoms with Gasteiger partial charge in [-0.25, -0.2) is 4.79 Å². The van der Waals surface area contributed by atoms with Gasteiger partial charge in [0.2, 0.25) is 5.91 Å². The molecule has 0 aliphatic rings. The van der Waals surface area contributed by atoms with E-state index in [0.29, 0.717) is 16.8 Å². The van der Waals surface area contributed by atoms with Gasteiger partial charge in [-0.15, -0.1) is 12.1 Å². The Kier molecular flexibility index (Phi) is 3.82. The molecule has 2 aromatic rings. The number of nitrogens with one attached hydrogen (secondary N) is 2. The fourth-order valence-electron chi connectivity index (χ4n) is 1.15. The summed E-state index contributed by atoms with van der Waals surface area (Å²) in [5.41, 5.74) is 1.44. The molecule has 6 heteroatoms. The molecule has 0 spiro atoms. The first-order valence-electron chi connectivity index (χ1n) is 3.97. The molecule has 2 N–H and O–H groups in total. The van der Waals surface area contributed by atoms with E-state index in [1.165, 1.54) is 13.0 Å². The van der Waals surface area contributed by atoms with Gasteiger partial charge in [-0.1, -0.05) is 5.69 Å². The standard InChI is InChI=1S/C9H7N2O3.Y/c1-5(12)10-6-2-3-7-8(4-6)14-9(13)11-7;/h3-4H,1H3,(H,10,12)(H,11,13);/q-1;. The van der Waals surface area contributed by atoms with Crippen molar-refractivity contribution in [3.05, 3.63) is 28.7 Å². The third kappa shape index (κ3) is 2.76. The number of benzene rings is 1. The summed E-state index contributed by atoms with van der Waals surface area (Å²) in [6, 6.07) is 5.88. The number of hydrogen-bond acceptors (Lipinski definition) is 3. The van der Waals surface area contributed by atoms with Crippen LogP contribution in [-0.2, 0) is 37.5 Å². The molecule has 0 saturated carbocycles. The molecule has 0 aliphatic heterocycles. The Morgan fingerprint density at radius 2 is 2.33 bits per heavy atom. The number of aromatic amines is 1. The molecular weight excluding hydrogens is 273 g/mol. The van der Waals surface area contributed by atoms with Crippen LogP contribution in [0.4, 0.5) is 5.69 Å². The van der Waals surface area contributed by atoms with Crippen LogP contribution >= 0.6 is 0 Å². The molecule has 0 bridgehead atoms. The quantitative estimate of drug-likeness (QED) is 0.761. The van der Waals surface area contributed by atoms with Crippen molar-refractivity contribution in [3.63, 3.8) is 0 Å². The van der Waals surface area contributed by atoms with Crippen molar-refractivity contribution in [2.75, 3.05) is 5.32 Å². The van der Waals surface area contributed by atoms with E-state index in [-0.39, 0.29) is 38.6 Å². The Balaban J connectivity index is 0.00000112. The minimum atomic E-state index is -0.520. The normalized spacial score (nSPS) is 9.67. The zero-order valence-corrected chi connectivity index (χ0v) is 10.8. The van der Waals surface area contributed by atoms with Crippen molar-refractivity contribution in [2.24, 2.45) is 0 Å². The van der Waals surface area contributed by atoms with Crippen LogP contribution in [0.5, 0.6) is 0 Å². The summed E-state index contributed by atoms with van der Waals surface area (Å²) in [4.78, 5) is 24.0. The van der Waals surface area contributed by atoms with Gasteiger partial charge in [0.05, 0.1) is 5.58 Å². The molecule has 0 fully saturated rings. The van der Waals surface area contributed by atoms with E-state index in [9.17, 15) is 9.59 Å². The number of amides is 1. The predicted octanol–water partition coefficient (Wildman–Crippen LogP) is 0.877. The Bertz CT molecular complexity index is 544. The summed E-state index contributed by atoms with van der Waals surface area (Å²) in [6.07, 6.45) is 0. The summed E-state index contributed by atoms with van der Waals surface area (Å²) in [6.45, 7) is 1.39. The third-order valence-electron chi connectivity index (χ3n) is 1.66. The van der Waals surface area contributed by atoms with Gasteiger partial charge in [0, 0.05) is 39.6 Å². The van der Waals surface area contributed by atoms with Crippen LogP contribution in [0.2, 0.25) is 0 Å². The van der Waals surface area contributed by atoms with Gasteiger partial charge >= 0.3 is 5.76 Å². The number of anilines is 1. The van der Waals surface area contributed by atoms with Gasteiger partial charge in [-0.05, 0) is 5.52 Å². The van der Waals surface area contributed by atoms with Gasteiger partial charge < -0.3 is 14.7 Å². The number of carbonyl (C=O) groups excluding carboxylic acids is 1. The maximum Gasteiger partial charge on any atom is 0.404 e. The third-order valence-corrected chi connectivity index (χ3v) is 1.66. The predicted molar refractivity (Wildman–Crippen MR) is 50.0 cm³/mol. The molecular formula is C9H7N2O3Y-. The van der Waals surface area contributed by atoms with Crippen molar-refractivity contribution >= 4 is 22.7 Å². The van der Waals surface area contributed by atoms with Gasteiger partial charge in [0.15, 0.2) is 0 Å². The van der Waals surface area contributed by atoms with Crippen LogP contribution in [-0.4, -0.2) is 10.9 Å². The molecule has 15 heavy (non-hydrogen) atoms. The zero-order chi connectivity index (χ0) is 10.1. The smallest absolute Gasteiger partial charge is 0.404 e. The summed E-state index contributed by atoms with van der Waals surface area (Å²) >= 11 is 0. The van der Waals surface area contributed by atoms with Crippen LogP contribution in [0.15, 0.2) is 21.3 Å². The van der Waals surface area contributed by atoms with Crippen molar-refractivity contribution in [3.8, 4) is 0 Å². The molecule has 5 nitrogen and oxygen atoms in total. The average Bonchev–Trinajstić information content (AvgIpc) is 2.42. The second-order valence-electron chi connectivity index (χ2n) is 2.82. The summed E-state index contributed by atoms with van der Waals surface area (Å²) < 4.78 is 4.81.